The van der Waals surface area contributed by atoms with Gasteiger partial charge in [0.1, 0.15) is 18.1 Å². The lowest BCUT2D eigenvalue weighted by molar-refractivity contribution is 0.322. The van der Waals surface area contributed by atoms with Crippen molar-refractivity contribution >= 4 is 17.1 Å². The molecule has 5 rings (SSSR count). The molecule has 0 bridgehead atoms. The highest BCUT2D eigenvalue weighted by molar-refractivity contribution is 5.78. The van der Waals surface area contributed by atoms with Gasteiger partial charge in [0, 0.05) is 23.5 Å². The van der Waals surface area contributed by atoms with Gasteiger partial charge < -0.3 is 14.4 Å². The Morgan fingerprint density at radius 3 is 1.72 bits per heavy atom. The smallest absolute Gasteiger partial charge is 0.119 e. The van der Waals surface area contributed by atoms with Crippen LogP contribution in [0.2, 0.25) is 0 Å². The van der Waals surface area contributed by atoms with Crippen LogP contribution in [0.15, 0.2) is 140 Å². The maximum absolute atomic E-state index is 6.06. The molecule has 5 aromatic rings. The first-order valence-electron chi connectivity index (χ1n) is 13.3. The topological polar surface area (TPSA) is 21.7 Å². The Kier molecular flexibility index (Phi) is 8.40. The van der Waals surface area contributed by atoms with Crippen LogP contribution >= 0.6 is 0 Å². The number of para-hydroxylation sites is 1. The van der Waals surface area contributed by atoms with Gasteiger partial charge in [-0.15, -0.1) is 0 Å². The van der Waals surface area contributed by atoms with Gasteiger partial charge in [0.15, 0.2) is 0 Å². The molecule has 0 saturated carbocycles. The zero-order valence-corrected chi connectivity index (χ0v) is 22.3. The van der Waals surface area contributed by atoms with Gasteiger partial charge in [0.05, 0.1) is 6.61 Å². The van der Waals surface area contributed by atoms with E-state index in [9.17, 15) is 0 Å². The molecule has 194 valence electrons. The molecular weight excluding hydrogens is 478 g/mol. The van der Waals surface area contributed by atoms with Crippen LogP contribution in [0, 0.1) is 6.92 Å². The lowest BCUT2D eigenvalue weighted by Crippen LogP contribution is -2.09. The van der Waals surface area contributed by atoms with Crippen LogP contribution in [0.5, 0.6) is 11.5 Å². The third-order valence-electron chi connectivity index (χ3n) is 6.57. The molecule has 0 aromatic heterocycles. The summed E-state index contributed by atoms with van der Waals surface area (Å²) in [5.74, 6) is 1.70. The summed E-state index contributed by atoms with van der Waals surface area (Å²) in [6.45, 7) is 6.91. The van der Waals surface area contributed by atoms with Crippen LogP contribution < -0.4 is 14.4 Å². The molecule has 0 N–H and O–H groups in total. The fourth-order valence-corrected chi connectivity index (χ4v) is 4.46. The molecule has 0 atom stereocenters. The SMILES string of the molecule is C=CCOc1ccc(CCOc2ccc(N(c3ccccc3)c3ccc(-c4ccc(C)cc4)cc3)cc2)cc1. The van der Waals surface area contributed by atoms with Gasteiger partial charge in [0.25, 0.3) is 0 Å². The van der Waals surface area contributed by atoms with E-state index in [1.165, 1.54) is 22.3 Å². The molecule has 39 heavy (non-hydrogen) atoms. The Labute approximate surface area is 231 Å². The van der Waals surface area contributed by atoms with E-state index in [0.29, 0.717) is 13.2 Å². The summed E-state index contributed by atoms with van der Waals surface area (Å²) in [5, 5.41) is 0. The van der Waals surface area contributed by atoms with Crippen LogP contribution in [0.4, 0.5) is 17.1 Å². The molecule has 3 heteroatoms. The number of ether oxygens (including phenoxy) is 2. The zero-order chi connectivity index (χ0) is 26.9. The van der Waals surface area contributed by atoms with Crippen LogP contribution in [-0.2, 0) is 6.42 Å². The average Bonchev–Trinajstić information content (AvgIpc) is 2.99. The fourth-order valence-electron chi connectivity index (χ4n) is 4.46. The van der Waals surface area contributed by atoms with E-state index in [4.69, 9.17) is 9.47 Å². The average molecular weight is 512 g/mol. The number of benzene rings is 5. The Hall–Kier alpha value is -4.76. The molecule has 0 aliphatic carbocycles. The number of aryl methyl sites for hydroxylation is 1. The summed E-state index contributed by atoms with van der Waals surface area (Å²) in [7, 11) is 0. The molecule has 0 amide bonds. The minimum atomic E-state index is 0.513. The van der Waals surface area contributed by atoms with E-state index in [-0.39, 0.29) is 0 Å². The van der Waals surface area contributed by atoms with Crippen LogP contribution in [0.3, 0.4) is 0 Å². The molecule has 0 saturated heterocycles. The van der Waals surface area contributed by atoms with Crippen molar-refractivity contribution in [3.05, 3.63) is 151 Å². The van der Waals surface area contributed by atoms with E-state index in [2.05, 4.69) is 115 Å². The van der Waals surface area contributed by atoms with Crippen molar-refractivity contribution in [3.63, 3.8) is 0 Å². The quantitative estimate of drug-likeness (QED) is 0.165. The predicted octanol–water partition coefficient (Wildman–Crippen LogP) is 9.32. The van der Waals surface area contributed by atoms with Crippen molar-refractivity contribution < 1.29 is 9.47 Å². The van der Waals surface area contributed by atoms with Gasteiger partial charge in [-0.2, -0.15) is 0 Å². The van der Waals surface area contributed by atoms with E-state index in [1.807, 2.05) is 30.3 Å². The first-order valence-corrected chi connectivity index (χ1v) is 13.3. The molecule has 5 aromatic carbocycles. The van der Waals surface area contributed by atoms with Crippen molar-refractivity contribution in [2.75, 3.05) is 18.1 Å². The Bertz CT molecular complexity index is 1460. The number of anilines is 3. The molecule has 0 aliphatic rings. The van der Waals surface area contributed by atoms with Crippen LogP contribution in [-0.4, -0.2) is 13.2 Å². The van der Waals surface area contributed by atoms with Crippen LogP contribution in [0.1, 0.15) is 11.1 Å². The fraction of sp³-hybridized carbons (Fsp3) is 0.111. The first kappa shape index (κ1) is 25.9. The summed E-state index contributed by atoms with van der Waals surface area (Å²) in [4.78, 5) is 2.26. The van der Waals surface area contributed by atoms with Gasteiger partial charge in [-0.25, -0.2) is 0 Å². The van der Waals surface area contributed by atoms with E-state index in [0.717, 1.165) is 35.0 Å². The van der Waals surface area contributed by atoms with Crippen molar-refractivity contribution in [2.24, 2.45) is 0 Å². The maximum Gasteiger partial charge on any atom is 0.119 e. The normalized spacial score (nSPS) is 10.6. The first-order chi connectivity index (χ1) is 19.2. The van der Waals surface area contributed by atoms with Gasteiger partial charge in [-0.05, 0) is 84.3 Å². The largest absolute Gasteiger partial charge is 0.493 e. The maximum atomic E-state index is 6.06. The summed E-state index contributed by atoms with van der Waals surface area (Å²) in [6, 6.07) is 44.3. The standard InChI is InChI=1S/C36H33NO2/c1-3-26-38-35-21-11-29(12-22-35)25-27-39-36-23-19-34(20-24-36)37(32-7-5-4-6-8-32)33-17-15-31(16-18-33)30-13-9-28(2)10-14-30/h3-24H,1,25-27H2,2H3. The molecule has 0 spiro atoms. The zero-order valence-electron chi connectivity index (χ0n) is 22.3. The predicted molar refractivity (Wildman–Crippen MR) is 163 cm³/mol. The second kappa shape index (κ2) is 12.7. The summed E-state index contributed by atoms with van der Waals surface area (Å²) >= 11 is 0. The molecule has 3 nitrogen and oxygen atoms in total. The van der Waals surface area contributed by atoms with Gasteiger partial charge in [-0.3, -0.25) is 0 Å². The highest BCUT2D eigenvalue weighted by atomic mass is 16.5. The summed E-state index contributed by atoms with van der Waals surface area (Å²) < 4.78 is 11.6. The summed E-state index contributed by atoms with van der Waals surface area (Å²) in [6.07, 6.45) is 2.57. The lowest BCUT2D eigenvalue weighted by Gasteiger charge is -2.26. The van der Waals surface area contributed by atoms with E-state index >= 15 is 0 Å². The van der Waals surface area contributed by atoms with Gasteiger partial charge in [-0.1, -0.05) is 84.9 Å². The third-order valence-corrected chi connectivity index (χ3v) is 6.57. The minimum absolute atomic E-state index is 0.513. The Morgan fingerprint density at radius 1 is 0.590 bits per heavy atom. The van der Waals surface area contributed by atoms with E-state index < -0.39 is 0 Å². The molecule has 0 unspecified atom stereocenters. The number of hydrogen-bond donors (Lipinski definition) is 0. The molecule has 0 aliphatic heterocycles. The van der Waals surface area contributed by atoms with Crippen molar-refractivity contribution in [1.29, 1.82) is 0 Å². The van der Waals surface area contributed by atoms with Crippen molar-refractivity contribution in [3.8, 4) is 22.6 Å². The highest BCUT2D eigenvalue weighted by Gasteiger charge is 2.13. The monoisotopic (exact) mass is 511 g/mol. The number of hydrogen-bond acceptors (Lipinski definition) is 3. The molecular formula is C36H33NO2. The van der Waals surface area contributed by atoms with Crippen LogP contribution in [0.25, 0.3) is 11.1 Å². The molecule has 0 fully saturated rings. The lowest BCUT2D eigenvalue weighted by atomic mass is 10.0. The second-order valence-corrected chi connectivity index (χ2v) is 9.42. The third kappa shape index (κ3) is 6.77. The molecule has 0 radical (unpaired) electrons. The Balaban J connectivity index is 1.28. The van der Waals surface area contributed by atoms with Gasteiger partial charge >= 0.3 is 0 Å². The highest BCUT2D eigenvalue weighted by Crippen LogP contribution is 2.36. The van der Waals surface area contributed by atoms with Crippen molar-refractivity contribution in [2.45, 2.75) is 13.3 Å². The Morgan fingerprint density at radius 2 is 1.10 bits per heavy atom. The van der Waals surface area contributed by atoms with E-state index in [1.54, 1.807) is 6.08 Å². The summed E-state index contributed by atoms with van der Waals surface area (Å²) in [5.41, 5.74) is 8.18. The second-order valence-electron chi connectivity index (χ2n) is 9.42. The molecule has 0 heterocycles. The van der Waals surface area contributed by atoms with Gasteiger partial charge in [0.2, 0.25) is 0 Å². The minimum Gasteiger partial charge on any atom is -0.493 e. The van der Waals surface area contributed by atoms with Crippen molar-refractivity contribution in [1.82, 2.24) is 0 Å². The number of nitrogens with zero attached hydrogens (tertiary/aromatic N) is 1. The number of rotatable bonds is 11.